The summed E-state index contributed by atoms with van der Waals surface area (Å²) in [4.78, 5) is 49.6. The molecule has 23 atom stereocenters. The highest BCUT2D eigenvalue weighted by Gasteiger charge is 2.71. The number of carbonyl (C=O) groups is 4. The first-order valence-electron chi connectivity index (χ1n) is 23.5. The summed E-state index contributed by atoms with van der Waals surface area (Å²) in [6, 6.07) is 0. The summed E-state index contributed by atoms with van der Waals surface area (Å²) >= 11 is 0. The number of rotatable bonds is 13. The van der Waals surface area contributed by atoms with Gasteiger partial charge in [-0.2, -0.15) is 0 Å². The molecule has 370 valence electrons. The van der Waals surface area contributed by atoms with Crippen LogP contribution < -0.4 is 0 Å². The highest BCUT2D eigenvalue weighted by molar-refractivity contribution is 5.68. The largest absolute Gasteiger partial charge is 0.460 e. The van der Waals surface area contributed by atoms with Crippen molar-refractivity contribution in [2.45, 2.75) is 192 Å². The third-order valence-electron chi connectivity index (χ3n) is 16.6. The second-order valence-corrected chi connectivity index (χ2v) is 20.8. The average Bonchev–Trinajstić information content (AvgIpc) is 3.65. The quantitative estimate of drug-likeness (QED) is 0.112. The fraction of sp³-hybridized carbons (Fsp3) is 0.913. The summed E-state index contributed by atoms with van der Waals surface area (Å²) in [7, 11) is 0. The number of hydrogen-bond acceptors (Lipinski definition) is 19. The van der Waals surface area contributed by atoms with E-state index in [9.17, 15) is 49.8 Å². The van der Waals surface area contributed by atoms with Crippen LogP contribution in [0.3, 0.4) is 0 Å². The van der Waals surface area contributed by atoms with E-state index in [4.69, 9.17) is 42.6 Å². The fourth-order valence-electron chi connectivity index (χ4n) is 13.8. The van der Waals surface area contributed by atoms with E-state index in [1.54, 1.807) is 0 Å². The zero-order valence-corrected chi connectivity index (χ0v) is 38.8. The third-order valence-corrected chi connectivity index (χ3v) is 16.6. The molecule has 19 heteroatoms. The lowest BCUT2D eigenvalue weighted by molar-refractivity contribution is -0.315. The molecule has 0 amide bonds. The van der Waals surface area contributed by atoms with Crippen molar-refractivity contribution in [3.05, 3.63) is 0 Å². The number of aliphatic hydroxyl groups is 6. The molecule has 3 saturated heterocycles. The van der Waals surface area contributed by atoms with E-state index in [1.807, 2.05) is 13.8 Å². The Morgan fingerprint density at radius 2 is 1.38 bits per heavy atom. The Labute approximate surface area is 380 Å². The van der Waals surface area contributed by atoms with Gasteiger partial charge in [-0.05, 0) is 91.3 Å². The van der Waals surface area contributed by atoms with Gasteiger partial charge in [-0.1, -0.05) is 27.7 Å². The van der Waals surface area contributed by atoms with Crippen LogP contribution in [-0.2, 0) is 61.8 Å². The number of hydrogen-bond donors (Lipinski definition) is 6. The summed E-state index contributed by atoms with van der Waals surface area (Å²) < 4.78 is 54.2. The monoisotopic (exact) mass is 928 g/mol. The summed E-state index contributed by atoms with van der Waals surface area (Å²) in [5, 5.41) is 64.0. The highest BCUT2D eigenvalue weighted by Crippen LogP contribution is 2.71. The summed E-state index contributed by atoms with van der Waals surface area (Å²) in [5.74, 6) is -4.51. The fourth-order valence-corrected chi connectivity index (χ4v) is 13.8. The molecule has 0 aromatic heterocycles. The Morgan fingerprint density at radius 1 is 0.754 bits per heavy atom. The van der Waals surface area contributed by atoms with E-state index in [0.717, 1.165) is 12.8 Å². The van der Waals surface area contributed by atoms with Gasteiger partial charge < -0.3 is 73.3 Å². The van der Waals surface area contributed by atoms with Crippen LogP contribution in [-0.4, -0.2) is 160 Å². The Balaban J connectivity index is 1.15. The van der Waals surface area contributed by atoms with Crippen molar-refractivity contribution < 1.29 is 92.4 Å². The minimum atomic E-state index is -1.56. The van der Waals surface area contributed by atoms with Gasteiger partial charge in [0.05, 0.1) is 38.1 Å². The van der Waals surface area contributed by atoms with Gasteiger partial charge in [0.25, 0.3) is 0 Å². The van der Waals surface area contributed by atoms with Gasteiger partial charge in [0.1, 0.15) is 30.5 Å². The molecule has 23 unspecified atom stereocenters. The molecular formula is C46H72O19. The van der Waals surface area contributed by atoms with Gasteiger partial charge in [0, 0.05) is 40.0 Å². The number of ether oxygens (including phenoxy) is 9. The third kappa shape index (κ3) is 9.72. The Morgan fingerprint density at radius 3 is 2.03 bits per heavy atom. The normalized spacial score (nSPS) is 48.4. The Kier molecular flexibility index (Phi) is 15.1. The lowest BCUT2D eigenvalue weighted by Gasteiger charge is -2.64. The minimum Gasteiger partial charge on any atom is -0.460 e. The van der Waals surface area contributed by atoms with Crippen LogP contribution in [0, 0.1) is 52.3 Å². The lowest BCUT2D eigenvalue weighted by atomic mass is 9.43. The standard InChI is InChI=1S/C46H72O19/c1-20(18-57-42-39(55)38(54)37(53)33(17-47)64-42)11-12-46(56)21(2)35-30(65-46)14-28-27-10-9-26-13-29(52)31(59-22(3)48)15-44(26,7)36(27)32(16-45(28,35)8)63-43-41(62-25(6)51)40(61-24(5)50)34(19-58-43)60-23(4)49/h20-21,26-43,47,52-56H,9-19H2,1-8H3. The van der Waals surface area contributed by atoms with Crippen molar-refractivity contribution in [1.82, 2.24) is 0 Å². The molecule has 4 saturated carbocycles. The van der Waals surface area contributed by atoms with Gasteiger partial charge in [-0.3, -0.25) is 19.2 Å². The molecular weight excluding hydrogens is 856 g/mol. The molecule has 7 fully saturated rings. The van der Waals surface area contributed by atoms with E-state index in [-0.39, 0.29) is 67.2 Å². The topological polar surface area (TPSA) is 273 Å². The first kappa shape index (κ1) is 50.3. The molecule has 19 nitrogen and oxygen atoms in total. The molecule has 3 heterocycles. The van der Waals surface area contributed by atoms with Crippen LogP contribution in [0.4, 0.5) is 0 Å². The van der Waals surface area contributed by atoms with Crippen LogP contribution >= 0.6 is 0 Å². The molecule has 4 aliphatic carbocycles. The minimum absolute atomic E-state index is 0.0625. The van der Waals surface area contributed by atoms with Crippen molar-refractivity contribution >= 4 is 23.9 Å². The molecule has 0 aromatic rings. The van der Waals surface area contributed by atoms with Crippen LogP contribution in [0.5, 0.6) is 0 Å². The predicted molar refractivity (Wildman–Crippen MR) is 221 cm³/mol. The number of esters is 4. The van der Waals surface area contributed by atoms with Crippen molar-refractivity contribution in [1.29, 1.82) is 0 Å². The van der Waals surface area contributed by atoms with E-state index < -0.39 is 121 Å². The van der Waals surface area contributed by atoms with Crippen molar-refractivity contribution in [2.75, 3.05) is 19.8 Å². The first-order chi connectivity index (χ1) is 30.5. The van der Waals surface area contributed by atoms with Crippen LogP contribution in [0.15, 0.2) is 0 Å². The summed E-state index contributed by atoms with van der Waals surface area (Å²) in [6.45, 7) is 12.6. The van der Waals surface area contributed by atoms with Gasteiger partial charge in [0.15, 0.2) is 36.7 Å². The SMILES string of the molecule is CC(=O)OC1CC2(C)C(CCC3C4CC5OC(O)(CCC(C)COC6OC(CO)C(O)C(O)C6O)C(C)C5C4(C)CC(OC4OCC(OC(C)=O)C(OC(C)=O)C4OC(C)=O)C32)CC1O. The smallest absolute Gasteiger partial charge is 0.303 e. The van der Waals surface area contributed by atoms with Crippen molar-refractivity contribution in [3.8, 4) is 0 Å². The van der Waals surface area contributed by atoms with Gasteiger partial charge >= 0.3 is 23.9 Å². The lowest BCUT2D eigenvalue weighted by Crippen LogP contribution is -2.64. The van der Waals surface area contributed by atoms with Crippen molar-refractivity contribution in [2.24, 2.45) is 52.3 Å². The number of aliphatic hydroxyl groups excluding tert-OH is 5. The number of carbonyl (C=O) groups excluding carboxylic acids is 4. The average molecular weight is 929 g/mol. The van der Waals surface area contributed by atoms with Gasteiger partial charge in [-0.15, -0.1) is 0 Å². The number of fused-ring (bicyclic) bond motifs is 7. The van der Waals surface area contributed by atoms with Crippen molar-refractivity contribution in [3.63, 3.8) is 0 Å². The van der Waals surface area contributed by atoms with E-state index in [2.05, 4.69) is 13.8 Å². The molecule has 6 N–H and O–H groups in total. The second kappa shape index (κ2) is 19.4. The molecule has 7 aliphatic rings. The zero-order valence-electron chi connectivity index (χ0n) is 38.8. The predicted octanol–water partition coefficient (Wildman–Crippen LogP) is 1.26. The molecule has 7 rings (SSSR count). The molecule has 0 spiro atoms. The second-order valence-electron chi connectivity index (χ2n) is 20.8. The Hall–Kier alpha value is -2.56. The maximum atomic E-state index is 12.7. The molecule has 3 aliphatic heterocycles. The van der Waals surface area contributed by atoms with Crippen LogP contribution in [0.25, 0.3) is 0 Å². The summed E-state index contributed by atoms with van der Waals surface area (Å²) in [5.41, 5.74) is -0.944. The van der Waals surface area contributed by atoms with E-state index >= 15 is 0 Å². The molecule has 0 aromatic carbocycles. The van der Waals surface area contributed by atoms with Crippen LogP contribution in [0.1, 0.15) is 107 Å². The molecule has 65 heavy (non-hydrogen) atoms. The maximum Gasteiger partial charge on any atom is 0.303 e. The Bertz CT molecular complexity index is 1730. The first-order valence-corrected chi connectivity index (χ1v) is 23.5. The van der Waals surface area contributed by atoms with Crippen LogP contribution in [0.2, 0.25) is 0 Å². The highest BCUT2D eigenvalue weighted by atomic mass is 16.7. The summed E-state index contributed by atoms with van der Waals surface area (Å²) in [6.07, 6.45) is -9.90. The zero-order chi connectivity index (χ0) is 47.5. The van der Waals surface area contributed by atoms with E-state index in [0.29, 0.717) is 32.1 Å². The maximum absolute atomic E-state index is 12.7. The van der Waals surface area contributed by atoms with Gasteiger partial charge in [-0.25, -0.2) is 0 Å². The van der Waals surface area contributed by atoms with Gasteiger partial charge in [0.2, 0.25) is 0 Å². The van der Waals surface area contributed by atoms with E-state index in [1.165, 1.54) is 27.7 Å². The molecule has 0 radical (unpaired) electrons. The molecule has 0 bridgehead atoms.